The summed E-state index contributed by atoms with van der Waals surface area (Å²) in [6.07, 6.45) is 3.49. The lowest BCUT2D eigenvalue weighted by atomic mass is 10.2. The van der Waals surface area contributed by atoms with Crippen LogP contribution in [0.4, 0.5) is 0 Å². The highest BCUT2D eigenvalue weighted by Gasteiger charge is 2.49. The van der Waals surface area contributed by atoms with Gasteiger partial charge in [0.2, 0.25) is 5.91 Å². The molecule has 21 heavy (non-hydrogen) atoms. The van der Waals surface area contributed by atoms with Crippen molar-refractivity contribution >= 4 is 11.9 Å². The standard InChI is InChI=1S/C15H15NO5/c17-14(12-7-13(12)15(18)19)16(8-10-3-1-5-20-10)9-11-4-2-6-21-11/h1-6,12-13H,7-9H2,(H,18,19). The maximum Gasteiger partial charge on any atom is 0.307 e. The lowest BCUT2D eigenvalue weighted by Gasteiger charge is -2.20. The summed E-state index contributed by atoms with van der Waals surface area (Å²) in [6, 6.07) is 7.07. The molecule has 1 fully saturated rings. The van der Waals surface area contributed by atoms with Crippen LogP contribution >= 0.6 is 0 Å². The molecule has 0 aromatic carbocycles. The number of amides is 1. The van der Waals surface area contributed by atoms with Gasteiger partial charge >= 0.3 is 5.97 Å². The summed E-state index contributed by atoms with van der Waals surface area (Å²) in [7, 11) is 0. The molecule has 6 heteroatoms. The Morgan fingerprint density at radius 3 is 2.05 bits per heavy atom. The molecular formula is C15H15NO5. The fourth-order valence-corrected chi connectivity index (χ4v) is 2.37. The molecule has 2 unspecified atom stereocenters. The monoisotopic (exact) mass is 289 g/mol. The van der Waals surface area contributed by atoms with Crippen LogP contribution in [-0.2, 0) is 22.7 Å². The first-order chi connectivity index (χ1) is 10.1. The second kappa shape index (κ2) is 5.47. The van der Waals surface area contributed by atoms with Crippen LogP contribution in [0.3, 0.4) is 0 Å². The van der Waals surface area contributed by atoms with Crippen molar-refractivity contribution in [1.29, 1.82) is 0 Å². The Kier molecular flexibility index (Phi) is 3.51. The van der Waals surface area contributed by atoms with Crippen LogP contribution in [0.1, 0.15) is 17.9 Å². The molecule has 6 nitrogen and oxygen atoms in total. The number of carbonyl (C=O) groups is 2. The Morgan fingerprint density at radius 1 is 1.10 bits per heavy atom. The molecule has 0 bridgehead atoms. The quantitative estimate of drug-likeness (QED) is 0.880. The lowest BCUT2D eigenvalue weighted by Crippen LogP contribution is -2.32. The van der Waals surface area contributed by atoms with E-state index in [1.807, 2.05) is 0 Å². The smallest absolute Gasteiger partial charge is 0.307 e. The van der Waals surface area contributed by atoms with Crippen LogP contribution in [0.25, 0.3) is 0 Å². The van der Waals surface area contributed by atoms with E-state index < -0.39 is 17.8 Å². The number of carboxylic acid groups (broad SMARTS) is 1. The summed E-state index contributed by atoms with van der Waals surface area (Å²) in [4.78, 5) is 25.0. The largest absolute Gasteiger partial charge is 0.481 e. The minimum Gasteiger partial charge on any atom is -0.481 e. The molecule has 2 aromatic heterocycles. The zero-order chi connectivity index (χ0) is 14.8. The van der Waals surface area contributed by atoms with E-state index in [0.29, 0.717) is 31.0 Å². The van der Waals surface area contributed by atoms with Crippen molar-refractivity contribution in [2.24, 2.45) is 11.8 Å². The Labute approximate surface area is 121 Å². The summed E-state index contributed by atoms with van der Waals surface area (Å²) < 4.78 is 10.5. The zero-order valence-corrected chi connectivity index (χ0v) is 11.3. The lowest BCUT2D eigenvalue weighted by molar-refractivity contribution is -0.142. The van der Waals surface area contributed by atoms with E-state index >= 15 is 0 Å². The summed E-state index contributed by atoms with van der Waals surface area (Å²) in [5.74, 6) is -0.773. The number of aliphatic carboxylic acids is 1. The fraction of sp³-hybridized carbons (Fsp3) is 0.333. The van der Waals surface area contributed by atoms with Gasteiger partial charge in [-0.25, -0.2) is 0 Å². The van der Waals surface area contributed by atoms with Crippen molar-refractivity contribution < 1.29 is 23.5 Å². The number of carbonyl (C=O) groups excluding carboxylic acids is 1. The molecule has 1 saturated carbocycles. The number of hydrogen-bond acceptors (Lipinski definition) is 4. The Hall–Kier alpha value is -2.50. The first kappa shape index (κ1) is 13.5. The third-order valence-electron chi connectivity index (χ3n) is 3.59. The topological polar surface area (TPSA) is 83.9 Å². The van der Waals surface area contributed by atoms with Gasteiger partial charge in [0.15, 0.2) is 0 Å². The zero-order valence-electron chi connectivity index (χ0n) is 11.3. The molecular weight excluding hydrogens is 274 g/mol. The van der Waals surface area contributed by atoms with Gasteiger partial charge in [0.1, 0.15) is 11.5 Å². The number of carboxylic acids is 1. The van der Waals surface area contributed by atoms with Crippen LogP contribution in [0.15, 0.2) is 45.6 Å². The van der Waals surface area contributed by atoms with Gasteiger partial charge in [0, 0.05) is 0 Å². The van der Waals surface area contributed by atoms with Gasteiger partial charge in [-0.1, -0.05) is 0 Å². The van der Waals surface area contributed by atoms with Crippen LogP contribution in [0, 0.1) is 11.8 Å². The van der Waals surface area contributed by atoms with Gasteiger partial charge < -0.3 is 18.8 Å². The van der Waals surface area contributed by atoms with Gasteiger partial charge in [0.05, 0.1) is 37.5 Å². The van der Waals surface area contributed by atoms with Crippen LogP contribution in [0.5, 0.6) is 0 Å². The van der Waals surface area contributed by atoms with Gasteiger partial charge in [0.25, 0.3) is 0 Å². The third-order valence-corrected chi connectivity index (χ3v) is 3.59. The van der Waals surface area contributed by atoms with Gasteiger partial charge in [-0.05, 0) is 30.7 Å². The Balaban J connectivity index is 1.72. The maximum atomic E-state index is 12.5. The maximum absolute atomic E-state index is 12.5. The highest BCUT2D eigenvalue weighted by Crippen LogP contribution is 2.40. The van der Waals surface area contributed by atoms with Crippen molar-refractivity contribution in [3.8, 4) is 0 Å². The van der Waals surface area contributed by atoms with Crippen molar-refractivity contribution in [2.75, 3.05) is 0 Å². The van der Waals surface area contributed by atoms with Crippen molar-refractivity contribution in [1.82, 2.24) is 4.90 Å². The Morgan fingerprint density at radius 2 is 1.67 bits per heavy atom. The molecule has 1 N–H and O–H groups in total. The van der Waals surface area contributed by atoms with Crippen LogP contribution < -0.4 is 0 Å². The van der Waals surface area contributed by atoms with Crippen molar-refractivity contribution in [3.05, 3.63) is 48.3 Å². The predicted octanol–water partition coefficient (Wildman–Crippen LogP) is 2.12. The van der Waals surface area contributed by atoms with Gasteiger partial charge in [-0.3, -0.25) is 9.59 Å². The number of nitrogens with zero attached hydrogens (tertiary/aromatic N) is 1. The van der Waals surface area contributed by atoms with Crippen molar-refractivity contribution in [2.45, 2.75) is 19.5 Å². The molecule has 0 spiro atoms. The normalized spacial score (nSPS) is 20.2. The highest BCUT2D eigenvalue weighted by atomic mass is 16.4. The van der Waals surface area contributed by atoms with Crippen molar-refractivity contribution in [3.63, 3.8) is 0 Å². The predicted molar refractivity (Wildman–Crippen MR) is 70.9 cm³/mol. The first-order valence-electron chi connectivity index (χ1n) is 6.71. The summed E-state index contributed by atoms with van der Waals surface area (Å²) in [5, 5.41) is 8.96. The second-order valence-electron chi connectivity index (χ2n) is 5.14. The minimum absolute atomic E-state index is 0.171. The third kappa shape index (κ3) is 2.99. The van der Waals surface area contributed by atoms with E-state index in [1.54, 1.807) is 41.7 Å². The SMILES string of the molecule is O=C(O)C1CC1C(=O)N(Cc1ccco1)Cc1ccco1. The summed E-state index contributed by atoms with van der Waals surface area (Å²) in [5.41, 5.74) is 0. The molecule has 1 aliphatic carbocycles. The molecule has 0 radical (unpaired) electrons. The van der Waals surface area contributed by atoms with E-state index in [1.165, 1.54) is 0 Å². The highest BCUT2D eigenvalue weighted by molar-refractivity contribution is 5.89. The molecule has 0 saturated heterocycles. The van der Waals surface area contributed by atoms with E-state index in [9.17, 15) is 9.59 Å². The molecule has 2 aromatic rings. The molecule has 1 amide bonds. The average Bonchev–Trinajstić information content (AvgIpc) is 2.85. The minimum atomic E-state index is -0.913. The average molecular weight is 289 g/mol. The second-order valence-corrected chi connectivity index (χ2v) is 5.14. The Bertz CT molecular complexity index is 580. The number of hydrogen-bond donors (Lipinski definition) is 1. The number of rotatable bonds is 6. The summed E-state index contributed by atoms with van der Waals surface area (Å²) >= 11 is 0. The molecule has 1 aliphatic rings. The molecule has 110 valence electrons. The first-order valence-corrected chi connectivity index (χ1v) is 6.71. The van der Waals surface area contributed by atoms with E-state index in [-0.39, 0.29) is 5.91 Å². The molecule has 2 atom stereocenters. The summed E-state index contributed by atoms with van der Waals surface area (Å²) in [6.45, 7) is 0.602. The molecule has 3 rings (SSSR count). The van der Waals surface area contributed by atoms with E-state index in [4.69, 9.17) is 13.9 Å². The van der Waals surface area contributed by atoms with Crippen LogP contribution in [0.2, 0.25) is 0 Å². The number of furan rings is 2. The molecule has 0 aliphatic heterocycles. The van der Waals surface area contributed by atoms with E-state index in [2.05, 4.69) is 0 Å². The van der Waals surface area contributed by atoms with E-state index in [0.717, 1.165) is 0 Å². The van der Waals surface area contributed by atoms with Gasteiger partial charge in [-0.15, -0.1) is 0 Å². The van der Waals surface area contributed by atoms with Gasteiger partial charge in [-0.2, -0.15) is 0 Å². The fourth-order valence-electron chi connectivity index (χ4n) is 2.37. The molecule has 2 heterocycles. The van der Waals surface area contributed by atoms with Crippen LogP contribution in [-0.4, -0.2) is 21.9 Å².